The van der Waals surface area contributed by atoms with E-state index >= 15 is 0 Å². The summed E-state index contributed by atoms with van der Waals surface area (Å²) in [5, 5.41) is 0. The molecule has 0 saturated heterocycles. The Morgan fingerprint density at radius 1 is 1.00 bits per heavy atom. The third kappa shape index (κ3) is 1.40. The normalized spacial score (nSPS) is 10.8. The fourth-order valence-electron chi connectivity index (χ4n) is 1.89. The summed E-state index contributed by atoms with van der Waals surface area (Å²) >= 11 is 0. The highest BCUT2D eigenvalue weighted by atomic mass is 16.2. The third-order valence-corrected chi connectivity index (χ3v) is 2.63. The molecule has 5 nitrogen and oxygen atoms in total. The van der Waals surface area contributed by atoms with Gasteiger partial charge in [-0.1, -0.05) is 18.2 Å². The molecule has 0 aliphatic heterocycles. The number of nitrogens with one attached hydrogen (secondary N) is 2. The molecule has 0 radical (unpaired) electrons. The van der Waals surface area contributed by atoms with Gasteiger partial charge in [-0.15, -0.1) is 0 Å². The van der Waals surface area contributed by atoms with E-state index < -0.39 is 11.2 Å². The Balaban J connectivity index is 2.49. The van der Waals surface area contributed by atoms with E-state index in [2.05, 4.69) is 9.97 Å². The van der Waals surface area contributed by atoms with Gasteiger partial charge in [0.15, 0.2) is 0 Å². The summed E-state index contributed by atoms with van der Waals surface area (Å²) in [4.78, 5) is 28.5. The van der Waals surface area contributed by atoms with Crippen molar-refractivity contribution in [3.63, 3.8) is 0 Å². The van der Waals surface area contributed by atoms with Gasteiger partial charge in [0.05, 0.1) is 11.2 Å². The molecule has 0 aliphatic rings. The van der Waals surface area contributed by atoms with Crippen LogP contribution in [0.4, 0.5) is 0 Å². The molecule has 0 bridgehead atoms. The van der Waals surface area contributed by atoms with Gasteiger partial charge in [0.1, 0.15) is 5.52 Å². The van der Waals surface area contributed by atoms with Crippen LogP contribution < -0.4 is 11.2 Å². The lowest BCUT2D eigenvalue weighted by Gasteiger charge is -2.05. The maximum Gasteiger partial charge on any atom is 0.333 e. The summed E-state index contributed by atoms with van der Waals surface area (Å²) in [6.07, 6.45) is 1.64. The largest absolute Gasteiger partial charge is 0.355 e. The predicted octanol–water partition coefficient (Wildman–Crippen LogP) is 1.01. The molecular weight excluding hydrogens is 218 g/mol. The van der Waals surface area contributed by atoms with Crippen molar-refractivity contribution >= 4 is 11.0 Å². The van der Waals surface area contributed by atoms with Crippen LogP contribution in [0.2, 0.25) is 0 Å². The van der Waals surface area contributed by atoms with Crippen molar-refractivity contribution in [2.75, 3.05) is 0 Å². The summed E-state index contributed by atoms with van der Waals surface area (Å²) in [7, 11) is 0. The SMILES string of the molecule is O=c1[nH]c(=O)n(-c2ccccc2)c2cc[nH]c12. The monoisotopic (exact) mass is 227 g/mol. The molecule has 0 aliphatic carbocycles. The molecule has 17 heavy (non-hydrogen) atoms. The first-order chi connectivity index (χ1) is 8.27. The number of benzene rings is 1. The number of fused-ring (bicyclic) bond motifs is 1. The van der Waals surface area contributed by atoms with E-state index in [1.165, 1.54) is 4.57 Å². The quantitative estimate of drug-likeness (QED) is 0.651. The molecule has 0 spiro atoms. The van der Waals surface area contributed by atoms with E-state index in [9.17, 15) is 9.59 Å². The average Bonchev–Trinajstić information content (AvgIpc) is 2.79. The van der Waals surface area contributed by atoms with Gasteiger partial charge < -0.3 is 4.98 Å². The standard InChI is InChI=1S/C12H9N3O2/c16-11-10-9(6-7-13-10)15(12(17)14-11)8-4-2-1-3-5-8/h1-7,13H,(H,14,16,17). The lowest BCUT2D eigenvalue weighted by Crippen LogP contribution is -2.28. The number of hydrogen-bond donors (Lipinski definition) is 2. The van der Waals surface area contributed by atoms with Gasteiger partial charge >= 0.3 is 5.69 Å². The molecule has 0 atom stereocenters. The first kappa shape index (κ1) is 9.65. The molecule has 1 aromatic carbocycles. The van der Waals surface area contributed by atoms with Crippen LogP contribution in [0.15, 0.2) is 52.2 Å². The van der Waals surface area contributed by atoms with Crippen LogP contribution in [-0.2, 0) is 0 Å². The first-order valence-electron chi connectivity index (χ1n) is 5.15. The maximum atomic E-state index is 11.8. The van der Waals surface area contributed by atoms with Gasteiger partial charge in [-0.25, -0.2) is 4.79 Å². The Morgan fingerprint density at radius 3 is 2.53 bits per heavy atom. The Kier molecular flexibility index (Phi) is 1.98. The van der Waals surface area contributed by atoms with E-state index in [4.69, 9.17) is 0 Å². The van der Waals surface area contributed by atoms with Crippen LogP contribution in [-0.4, -0.2) is 14.5 Å². The molecule has 0 fully saturated rings. The Hall–Kier alpha value is -2.56. The van der Waals surface area contributed by atoms with Gasteiger partial charge in [-0.3, -0.25) is 14.3 Å². The molecule has 3 aromatic rings. The number of rotatable bonds is 1. The minimum atomic E-state index is -0.437. The minimum absolute atomic E-state index is 0.397. The smallest absolute Gasteiger partial charge is 0.333 e. The van der Waals surface area contributed by atoms with E-state index in [0.717, 1.165) is 5.69 Å². The Morgan fingerprint density at radius 2 is 1.76 bits per heavy atom. The fraction of sp³-hybridized carbons (Fsp3) is 0. The van der Waals surface area contributed by atoms with Crippen molar-refractivity contribution in [1.29, 1.82) is 0 Å². The van der Waals surface area contributed by atoms with Gasteiger partial charge in [0.25, 0.3) is 5.56 Å². The summed E-state index contributed by atoms with van der Waals surface area (Å²) in [5.74, 6) is 0. The number of hydrogen-bond acceptors (Lipinski definition) is 2. The summed E-state index contributed by atoms with van der Waals surface area (Å²) < 4.78 is 1.47. The number of para-hydroxylation sites is 1. The third-order valence-electron chi connectivity index (χ3n) is 2.63. The first-order valence-corrected chi connectivity index (χ1v) is 5.15. The topological polar surface area (TPSA) is 70.7 Å². The van der Waals surface area contributed by atoms with Crippen LogP contribution >= 0.6 is 0 Å². The molecule has 0 saturated carbocycles. The van der Waals surface area contributed by atoms with Crippen LogP contribution in [0.3, 0.4) is 0 Å². The molecule has 0 amide bonds. The van der Waals surface area contributed by atoms with Crippen molar-refractivity contribution < 1.29 is 0 Å². The van der Waals surface area contributed by atoms with Gasteiger partial charge in [0.2, 0.25) is 0 Å². The highest BCUT2D eigenvalue weighted by molar-refractivity contribution is 5.76. The van der Waals surface area contributed by atoms with E-state index in [1.54, 1.807) is 12.3 Å². The predicted molar refractivity (Wildman–Crippen MR) is 64.5 cm³/mol. The number of aromatic nitrogens is 3. The summed E-state index contributed by atoms with van der Waals surface area (Å²) in [6, 6.07) is 10.9. The number of H-pyrrole nitrogens is 2. The number of nitrogens with zero attached hydrogens (tertiary/aromatic N) is 1. The lowest BCUT2D eigenvalue weighted by molar-refractivity contribution is 0.942. The average molecular weight is 227 g/mol. The Labute approximate surface area is 95.4 Å². The van der Waals surface area contributed by atoms with E-state index in [-0.39, 0.29) is 0 Å². The van der Waals surface area contributed by atoms with Crippen LogP contribution in [0.1, 0.15) is 0 Å². The van der Waals surface area contributed by atoms with E-state index in [0.29, 0.717) is 11.0 Å². The minimum Gasteiger partial charge on any atom is -0.355 e. The molecule has 84 valence electrons. The fourth-order valence-corrected chi connectivity index (χ4v) is 1.89. The molecule has 2 aromatic heterocycles. The highest BCUT2D eigenvalue weighted by Gasteiger charge is 2.08. The second-order valence-corrected chi connectivity index (χ2v) is 3.67. The molecule has 5 heteroatoms. The van der Waals surface area contributed by atoms with Crippen molar-refractivity contribution in [2.45, 2.75) is 0 Å². The van der Waals surface area contributed by atoms with Gasteiger partial charge in [0, 0.05) is 6.20 Å². The number of aromatic amines is 2. The highest BCUT2D eigenvalue weighted by Crippen LogP contribution is 2.11. The molecule has 2 N–H and O–H groups in total. The zero-order chi connectivity index (χ0) is 11.8. The molecular formula is C12H9N3O2. The second-order valence-electron chi connectivity index (χ2n) is 3.67. The molecule has 2 heterocycles. The van der Waals surface area contributed by atoms with Gasteiger partial charge in [-0.05, 0) is 18.2 Å². The molecule has 0 unspecified atom stereocenters. The maximum absolute atomic E-state index is 11.8. The van der Waals surface area contributed by atoms with Crippen LogP contribution in [0.5, 0.6) is 0 Å². The van der Waals surface area contributed by atoms with Crippen molar-refractivity contribution in [3.05, 3.63) is 63.4 Å². The van der Waals surface area contributed by atoms with Crippen molar-refractivity contribution in [1.82, 2.24) is 14.5 Å². The van der Waals surface area contributed by atoms with E-state index in [1.807, 2.05) is 30.3 Å². The second kappa shape index (κ2) is 3.48. The van der Waals surface area contributed by atoms with Crippen molar-refractivity contribution in [3.8, 4) is 5.69 Å². The van der Waals surface area contributed by atoms with Crippen molar-refractivity contribution in [2.24, 2.45) is 0 Å². The summed E-state index contributed by atoms with van der Waals surface area (Å²) in [5.41, 5.74) is 0.854. The summed E-state index contributed by atoms with van der Waals surface area (Å²) in [6.45, 7) is 0. The van der Waals surface area contributed by atoms with Crippen LogP contribution in [0, 0.1) is 0 Å². The van der Waals surface area contributed by atoms with Gasteiger partial charge in [-0.2, -0.15) is 0 Å². The molecule has 3 rings (SSSR count). The lowest BCUT2D eigenvalue weighted by atomic mass is 10.3. The zero-order valence-corrected chi connectivity index (χ0v) is 8.81. The van der Waals surface area contributed by atoms with Crippen LogP contribution in [0.25, 0.3) is 16.7 Å². The zero-order valence-electron chi connectivity index (χ0n) is 8.81. The Bertz CT molecular complexity index is 781.